The molecule has 20 heavy (non-hydrogen) atoms. The molecule has 1 nitrogen and oxygen atoms in total. The van der Waals surface area contributed by atoms with Crippen LogP contribution in [0.5, 0.6) is 0 Å². The number of hydrogen-bond acceptors (Lipinski definition) is 1. The van der Waals surface area contributed by atoms with Gasteiger partial charge in [0.15, 0.2) is 0 Å². The first-order valence-corrected chi connectivity index (χ1v) is 7.29. The third-order valence-electron chi connectivity index (χ3n) is 3.74. The second-order valence-electron chi connectivity index (χ2n) is 7.03. The third-order valence-corrected chi connectivity index (χ3v) is 3.74. The average Bonchev–Trinajstić information content (AvgIpc) is 2.34. The highest BCUT2D eigenvalue weighted by atomic mass is 14.7. The van der Waals surface area contributed by atoms with Gasteiger partial charge in [-0.15, -0.1) is 0 Å². The molecule has 1 aromatic heterocycles. The van der Waals surface area contributed by atoms with Crippen molar-refractivity contribution in [2.75, 3.05) is 0 Å². The molecule has 0 fully saturated rings. The summed E-state index contributed by atoms with van der Waals surface area (Å²) in [5.74, 6) is 0. The number of rotatable bonds is 2. The Kier molecular flexibility index (Phi) is 3.99. The van der Waals surface area contributed by atoms with Crippen LogP contribution < -0.4 is 0 Å². The van der Waals surface area contributed by atoms with Gasteiger partial charge in [0.1, 0.15) is 0 Å². The Balaban J connectivity index is 2.42. The molecule has 0 unspecified atom stereocenters. The quantitative estimate of drug-likeness (QED) is 0.723. The van der Waals surface area contributed by atoms with E-state index >= 15 is 0 Å². The smallest absolute Gasteiger partial charge is 0.0704 e. The summed E-state index contributed by atoms with van der Waals surface area (Å²) in [5.41, 5.74) is 7.94. The lowest BCUT2D eigenvalue weighted by Crippen LogP contribution is -2.10. The molecule has 0 atom stereocenters. The standard InChI is InChI=1S/C19H25N/c1-13-7-8-16(10-17(13)11-19(4,5)6)18-9-14(2)15(3)12-20-18/h7-10,12H,11H2,1-6H3. The van der Waals surface area contributed by atoms with Crippen LogP contribution in [0.4, 0.5) is 0 Å². The number of benzene rings is 1. The molecule has 2 rings (SSSR count). The first-order valence-electron chi connectivity index (χ1n) is 7.29. The Bertz CT molecular complexity index is 618. The van der Waals surface area contributed by atoms with Crippen molar-refractivity contribution in [2.45, 2.75) is 48.0 Å². The fourth-order valence-electron chi connectivity index (χ4n) is 2.37. The van der Waals surface area contributed by atoms with Gasteiger partial charge in [-0.3, -0.25) is 4.98 Å². The van der Waals surface area contributed by atoms with Crippen LogP contribution in [-0.4, -0.2) is 4.98 Å². The van der Waals surface area contributed by atoms with E-state index < -0.39 is 0 Å². The van der Waals surface area contributed by atoms with Crippen molar-refractivity contribution in [3.8, 4) is 11.3 Å². The maximum atomic E-state index is 4.58. The Labute approximate surface area is 123 Å². The van der Waals surface area contributed by atoms with Gasteiger partial charge < -0.3 is 0 Å². The molecular weight excluding hydrogens is 242 g/mol. The van der Waals surface area contributed by atoms with Crippen LogP contribution in [0, 0.1) is 26.2 Å². The number of hydrogen-bond donors (Lipinski definition) is 0. The van der Waals surface area contributed by atoms with Gasteiger partial charge in [0.25, 0.3) is 0 Å². The Hall–Kier alpha value is -1.63. The van der Waals surface area contributed by atoms with Crippen molar-refractivity contribution in [1.29, 1.82) is 0 Å². The van der Waals surface area contributed by atoms with Gasteiger partial charge in [-0.25, -0.2) is 0 Å². The molecule has 0 radical (unpaired) electrons. The Morgan fingerprint density at radius 3 is 2.20 bits per heavy atom. The number of pyridine rings is 1. The summed E-state index contributed by atoms with van der Waals surface area (Å²) in [6, 6.07) is 8.88. The van der Waals surface area contributed by atoms with Crippen molar-refractivity contribution in [3.63, 3.8) is 0 Å². The van der Waals surface area contributed by atoms with Gasteiger partial charge in [0.2, 0.25) is 0 Å². The molecule has 1 heteroatoms. The molecule has 0 saturated heterocycles. The molecule has 1 aromatic carbocycles. The van der Waals surface area contributed by atoms with Crippen molar-refractivity contribution in [2.24, 2.45) is 5.41 Å². The fraction of sp³-hybridized carbons (Fsp3) is 0.421. The molecule has 0 spiro atoms. The summed E-state index contributed by atoms with van der Waals surface area (Å²) in [6.45, 7) is 13.3. The van der Waals surface area contributed by atoms with Crippen LogP contribution >= 0.6 is 0 Å². The van der Waals surface area contributed by atoms with E-state index in [-0.39, 0.29) is 0 Å². The van der Waals surface area contributed by atoms with Gasteiger partial charge in [0, 0.05) is 11.8 Å². The summed E-state index contributed by atoms with van der Waals surface area (Å²) in [4.78, 5) is 4.58. The summed E-state index contributed by atoms with van der Waals surface area (Å²) in [5, 5.41) is 0. The molecule has 2 aromatic rings. The second kappa shape index (κ2) is 5.40. The zero-order valence-electron chi connectivity index (χ0n) is 13.5. The second-order valence-corrected chi connectivity index (χ2v) is 7.03. The van der Waals surface area contributed by atoms with Crippen LogP contribution in [0.3, 0.4) is 0 Å². The topological polar surface area (TPSA) is 12.9 Å². The van der Waals surface area contributed by atoms with E-state index in [0.29, 0.717) is 5.41 Å². The maximum absolute atomic E-state index is 4.58. The molecule has 106 valence electrons. The van der Waals surface area contributed by atoms with Gasteiger partial charge in [-0.2, -0.15) is 0 Å². The summed E-state index contributed by atoms with van der Waals surface area (Å²) in [7, 11) is 0. The van der Waals surface area contributed by atoms with E-state index in [2.05, 4.69) is 70.8 Å². The Morgan fingerprint density at radius 2 is 1.60 bits per heavy atom. The predicted octanol–water partition coefficient (Wildman–Crippen LogP) is 5.26. The third kappa shape index (κ3) is 3.47. The van der Waals surface area contributed by atoms with Crippen molar-refractivity contribution in [3.05, 3.63) is 52.7 Å². The molecular formula is C19H25N. The largest absolute Gasteiger partial charge is 0.256 e. The first-order chi connectivity index (χ1) is 9.26. The summed E-state index contributed by atoms with van der Waals surface area (Å²) in [6.07, 6.45) is 3.06. The van der Waals surface area contributed by atoms with Crippen molar-refractivity contribution in [1.82, 2.24) is 4.98 Å². The van der Waals surface area contributed by atoms with Gasteiger partial charge in [-0.05, 0) is 67.0 Å². The summed E-state index contributed by atoms with van der Waals surface area (Å²) < 4.78 is 0. The van der Waals surface area contributed by atoms with Crippen LogP contribution in [-0.2, 0) is 6.42 Å². The number of nitrogens with zero attached hydrogens (tertiary/aromatic N) is 1. The van der Waals surface area contributed by atoms with E-state index in [1.807, 2.05) is 6.20 Å². The predicted molar refractivity (Wildman–Crippen MR) is 87.0 cm³/mol. The maximum Gasteiger partial charge on any atom is 0.0704 e. The molecule has 0 amide bonds. The minimum atomic E-state index is 0.306. The van der Waals surface area contributed by atoms with Crippen molar-refractivity contribution < 1.29 is 0 Å². The van der Waals surface area contributed by atoms with Crippen molar-refractivity contribution >= 4 is 0 Å². The lowest BCUT2D eigenvalue weighted by Gasteiger charge is -2.20. The monoisotopic (exact) mass is 267 g/mol. The normalized spacial score (nSPS) is 11.7. The lowest BCUT2D eigenvalue weighted by molar-refractivity contribution is 0.410. The van der Waals surface area contributed by atoms with Crippen LogP contribution in [0.25, 0.3) is 11.3 Å². The highest BCUT2D eigenvalue weighted by Crippen LogP contribution is 2.27. The average molecular weight is 267 g/mol. The molecule has 0 bridgehead atoms. The van der Waals surface area contributed by atoms with E-state index in [1.165, 1.54) is 27.8 Å². The van der Waals surface area contributed by atoms with Gasteiger partial charge in [-0.1, -0.05) is 32.9 Å². The van der Waals surface area contributed by atoms with Gasteiger partial charge in [0.05, 0.1) is 5.69 Å². The fourth-order valence-corrected chi connectivity index (χ4v) is 2.37. The van der Waals surface area contributed by atoms with Crippen LogP contribution in [0.2, 0.25) is 0 Å². The van der Waals surface area contributed by atoms with E-state index in [4.69, 9.17) is 0 Å². The highest BCUT2D eigenvalue weighted by Gasteiger charge is 2.14. The van der Waals surface area contributed by atoms with Crippen LogP contribution in [0.1, 0.15) is 43.0 Å². The minimum Gasteiger partial charge on any atom is -0.256 e. The van der Waals surface area contributed by atoms with E-state index in [0.717, 1.165) is 12.1 Å². The SMILES string of the molecule is Cc1cnc(-c2ccc(C)c(CC(C)(C)C)c2)cc1C. The zero-order chi connectivity index (χ0) is 14.9. The molecule has 0 aliphatic heterocycles. The molecule has 0 saturated carbocycles. The summed E-state index contributed by atoms with van der Waals surface area (Å²) >= 11 is 0. The molecule has 1 heterocycles. The minimum absolute atomic E-state index is 0.306. The molecule has 0 aliphatic carbocycles. The molecule has 0 aliphatic rings. The Morgan fingerprint density at radius 1 is 0.900 bits per heavy atom. The lowest BCUT2D eigenvalue weighted by atomic mass is 9.85. The van der Waals surface area contributed by atoms with E-state index in [9.17, 15) is 0 Å². The number of aromatic nitrogens is 1. The highest BCUT2D eigenvalue weighted by molar-refractivity contribution is 5.62. The van der Waals surface area contributed by atoms with E-state index in [1.54, 1.807) is 0 Å². The first kappa shape index (κ1) is 14.8. The zero-order valence-corrected chi connectivity index (χ0v) is 13.5. The number of aryl methyl sites for hydroxylation is 3. The van der Waals surface area contributed by atoms with Gasteiger partial charge >= 0.3 is 0 Å². The van der Waals surface area contributed by atoms with Crippen LogP contribution in [0.15, 0.2) is 30.5 Å². The molecule has 0 N–H and O–H groups in total.